The summed E-state index contributed by atoms with van der Waals surface area (Å²) in [6.07, 6.45) is 4.39. The molecule has 1 aliphatic rings. The Bertz CT molecular complexity index is 703. The number of benzene rings is 1. The van der Waals surface area contributed by atoms with E-state index < -0.39 is 0 Å². The van der Waals surface area contributed by atoms with Crippen molar-refractivity contribution in [3.8, 4) is 0 Å². The van der Waals surface area contributed by atoms with Gasteiger partial charge in [-0.1, -0.05) is 11.6 Å². The molecule has 0 saturated carbocycles. The van der Waals surface area contributed by atoms with E-state index in [1.54, 1.807) is 6.07 Å². The average molecular weight is 349 g/mol. The summed E-state index contributed by atoms with van der Waals surface area (Å²) in [5.41, 5.74) is 1.60. The zero-order chi connectivity index (χ0) is 17.1. The number of anilines is 2. The number of rotatable bonds is 3. The molecule has 1 aliphatic heterocycles. The Morgan fingerprint density at radius 1 is 1.42 bits per heavy atom. The molecule has 8 heteroatoms. The van der Waals surface area contributed by atoms with Crippen molar-refractivity contribution in [2.45, 2.75) is 25.3 Å². The van der Waals surface area contributed by atoms with Gasteiger partial charge in [-0.05, 0) is 37.5 Å². The number of halogens is 1. The first-order valence-corrected chi connectivity index (χ1v) is 8.34. The lowest BCUT2D eigenvalue weighted by molar-refractivity contribution is 0.159. The summed E-state index contributed by atoms with van der Waals surface area (Å²) in [6, 6.07) is 5.24. The van der Waals surface area contributed by atoms with Crippen molar-refractivity contribution in [2.24, 2.45) is 0 Å². The second-order valence-corrected chi connectivity index (χ2v) is 6.50. The van der Waals surface area contributed by atoms with Crippen molar-refractivity contribution >= 4 is 29.0 Å². The van der Waals surface area contributed by atoms with E-state index in [-0.39, 0.29) is 12.1 Å². The third-order valence-electron chi connectivity index (χ3n) is 4.19. The maximum atomic E-state index is 12.9. The quantitative estimate of drug-likeness (QED) is 0.892. The zero-order valence-electron chi connectivity index (χ0n) is 13.8. The molecule has 1 atom stereocenters. The van der Waals surface area contributed by atoms with Gasteiger partial charge >= 0.3 is 6.03 Å². The number of H-pyrrole nitrogens is 1. The van der Waals surface area contributed by atoms with Crippen LogP contribution in [0.3, 0.4) is 0 Å². The lowest BCUT2D eigenvalue weighted by Gasteiger charge is -2.34. The number of piperidine rings is 1. The summed E-state index contributed by atoms with van der Waals surface area (Å²) in [6.45, 7) is 0.690. The van der Waals surface area contributed by atoms with Crippen LogP contribution in [0.1, 0.15) is 31.1 Å². The minimum absolute atomic E-state index is 0.0803. The number of aromatic nitrogens is 3. The van der Waals surface area contributed by atoms with Gasteiger partial charge in [-0.25, -0.2) is 9.78 Å². The van der Waals surface area contributed by atoms with Gasteiger partial charge in [0, 0.05) is 25.7 Å². The summed E-state index contributed by atoms with van der Waals surface area (Å²) in [5, 5.41) is 10.4. The highest BCUT2D eigenvalue weighted by Gasteiger charge is 2.30. The SMILES string of the molecule is CN(C)c1ccc(Cl)cc1NC(=O)N1CCCC[C@@H]1c1ncn[nH]1. The molecule has 1 aromatic carbocycles. The molecule has 2 aromatic rings. The lowest BCUT2D eigenvalue weighted by atomic mass is 10.0. The highest BCUT2D eigenvalue weighted by Crippen LogP contribution is 2.31. The first-order valence-electron chi connectivity index (χ1n) is 7.96. The van der Waals surface area contributed by atoms with Crippen LogP contribution in [-0.2, 0) is 0 Å². The average Bonchev–Trinajstić information content (AvgIpc) is 3.09. The van der Waals surface area contributed by atoms with Crippen LogP contribution in [0.25, 0.3) is 0 Å². The first kappa shape index (κ1) is 16.6. The molecule has 7 nitrogen and oxygen atoms in total. The number of urea groups is 1. The molecule has 3 rings (SSSR count). The number of amides is 2. The summed E-state index contributed by atoms with van der Waals surface area (Å²) in [4.78, 5) is 20.8. The van der Waals surface area contributed by atoms with E-state index in [2.05, 4.69) is 20.5 Å². The van der Waals surface area contributed by atoms with Crippen molar-refractivity contribution < 1.29 is 4.79 Å². The Morgan fingerprint density at radius 3 is 2.96 bits per heavy atom. The molecule has 0 spiro atoms. The number of hydrogen-bond donors (Lipinski definition) is 2. The van der Waals surface area contributed by atoms with E-state index in [1.165, 1.54) is 6.33 Å². The molecular weight excluding hydrogens is 328 g/mol. The predicted octanol–water partition coefficient (Wildman–Crippen LogP) is 3.28. The molecule has 0 radical (unpaired) electrons. The van der Waals surface area contributed by atoms with Crippen LogP contribution in [0, 0.1) is 0 Å². The van der Waals surface area contributed by atoms with E-state index in [1.807, 2.05) is 36.0 Å². The van der Waals surface area contributed by atoms with E-state index in [0.29, 0.717) is 17.3 Å². The van der Waals surface area contributed by atoms with Crippen molar-refractivity contribution in [3.63, 3.8) is 0 Å². The molecule has 128 valence electrons. The number of carbonyl (C=O) groups excluding carboxylic acids is 1. The molecule has 2 N–H and O–H groups in total. The Balaban J connectivity index is 1.82. The normalized spacial score (nSPS) is 17.6. The Labute approximate surface area is 146 Å². The van der Waals surface area contributed by atoms with Gasteiger partial charge in [0.2, 0.25) is 0 Å². The topological polar surface area (TPSA) is 77.2 Å². The van der Waals surface area contributed by atoms with Crippen LogP contribution in [0.5, 0.6) is 0 Å². The van der Waals surface area contributed by atoms with Crippen molar-refractivity contribution in [1.29, 1.82) is 0 Å². The smallest absolute Gasteiger partial charge is 0.322 e. The predicted molar refractivity (Wildman–Crippen MR) is 94.5 cm³/mol. The molecule has 0 bridgehead atoms. The van der Waals surface area contributed by atoms with Gasteiger partial charge in [-0.3, -0.25) is 5.10 Å². The monoisotopic (exact) mass is 348 g/mol. The first-order chi connectivity index (χ1) is 11.6. The fourth-order valence-corrected chi connectivity index (χ4v) is 3.19. The second kappa shape index (κ2) is 7.09. The number of nitrogens with one attached hydrogen (secondary N) is 2. The Kier molecular flexibility index (Phi) is 4.89. The highest BCUT2D eigenvalue weighted by molar-refractivity contribution is 6.31. The minimum atomic E-state index is -0.151. The Morgan fingerprint density at radius 2 is 2.25 bits per heavy atom. The van der Waals surface area contributed by atoms with Crippen LogP contribution in [0.15, 0.2) is 24.5 Å². The highest BCUT2D eigenvalue weighted by atomic mass is 35.5. The fraction of sp³-hybridized carbons (Fsp3) is 0.438. The standard InChI is InChI=1S/C16H21ClN6O/c1-22(2)13-7-6-11(17)9-12(13)20-16(24)23-8-4-3-5-14(23)15-18-10-19-21-15/h6-7,9-10,14H,3-5,8H2,1-2H3,(H,20,24)(H,18,19,21)/t14-/m1/s1. The number of aromatic amines is 1. The molecule has 0 unspecified atom stereocenters. The van der Waals surface area contributed by atoms with Crippen molar-refractivity contribution in [1.82, 2.24) is 20.1 Å². The van der Waals surface area contributed by atoms with E-state index >= 15 is 0 Å². The van der Waals surface area contributed by atoms with Crippen LogP contribution in [0.4, 0.5) is 16.2 Å². The van der Waals surface area contributed by atoms with E-state index in [0.717, 1.165) is 30.8 Å². The molecular formula is C16H21ClN6O. The molecule has 1 fully saturated rings. The number of likely N-dealkylation sites (tertiary alicyclic amines) is 1. The lowest BCUT2D eigenvalue weighted by Crippen LogP contribution is -2.41. The minimum Gasteiger partial charge on any atom is -0.376 e. The number of carbonyl (C=O) groups is 1. The number of hydrogen-bond acceptors (Lipinski definition) is 4. The van der Waals surface area contributed by atoms with Gasteiger partial charge in [0.1, 0.15) is 12.2 Å². The Hall–Kier alpha value is -2.28. The van der Waals surface area contributed by atoms with Gasteiger partial charge in [0.05, 0.1) is 17.4 Å². The van der Waals surface area contributed by atoms with Gasteiger partial charge in [0.25, 0.3) is 0 Å². The third kappa shape index (κ3) is 3.46. The molecule has 2 heterocycles. The summed E-state index contributed by atoms with van der Waals surface area (Å²) in [5.74, 6) is 0.726. The maximum Gasteiger partial charge on any atom is 0.322 e. The summed E-state index contributed by atoms with van der Waals surface area (Å²) in [7, 11) is 3.86. The maximum absolute atomic E-state index is 12.9. The van der Waals surface area contributed by atoms with Gasteiger partial charge < -0.3 is 15.1 Å². The van der Waals surface area contributed by atoms with E-state index in [9.17, 15) is 4.79 Å². The fourth-order valence-electron chi connectivity index (χ4n) is 3.02. The molecule has 1 aromatic heterocycles. The van der Waals surface area contributed by atoms with E-state index in [4.69, 9.17) is 11.6 Å². The summed E-state index contributed by atoms with van der Waals surface area (Å²) >= 11 is 6.09. The zero-order valence-corrected chi connectivity index (χ0v) is 14.5. The summed E-state index contributed by atoms with van der Waals surface area (Å²) < 4.78 is 0. The number of nitrogens with zero attached hydrogens (tertiary/aromatic N) is 4. The molecule has 24 heavy (non-hydrogen) atoms. The molecule has 0 aliphatic carbocycles. The van der Waals surface area contributed by atoms with Crippen LogP contribution in [0.2, 0.25) is 5.02 Å². The van der Waals surface area contributed by atoms with Gasteiger partial charge in [-0.2, -0.15) is 5.10 Å². The third-order valence-corrected chi connectivity index (χ3v) is 4.43. The van der Waals surface area contributed by atoms with Gasteiger partial charge in [-0.15, -0.1) is 0 Å². The van der Waals surface area contributed by atoms with Crippen molar-refractivity contribution in [3.05, 3.63) is 35.4 Å². The van der Waals surface area contributed by atoms with Gasteiger partial charge in [0.15, 0.2) is 0 Å². The van der Waals surface area contributed by atoms with Crippen LogP contribution < -0.4 is 10.2 Å². The largest absolute Gasteiger partial charge is 0.376 e. The second-order valence-electron chi connectivity index (χ2n) is 6.06. The van der Waals surface area contributed by atoms with Crippen LogP contribution in [-0.4, -0.2) is 46.8 Å². The van der Waals surface area contributed by atoms with Crippen molar-refractivity contribution in [2.75, 3.05) is 30.9 Å². The van der Waals surface area contributed by atoms with Crippen LogP contribution >= 0.6 is 11.6 Å². The molecule has 1 saturated heterocycles. The molecule has 2 amide bonds.